The van der Waals surface area contributed by atoms with E-state index in [0.717, 1.165) is 51.5 Å². The number of nitrogens with one attached hydrogen (secondary N) is 1. The van der Waals surface area contributed by atoms with E-state index in [2.05, 4.69) is 39.5 Å². The average Bonchev–Trinajstić information content (AvgIpc) is 3.14. The van der Waals surface area contributed by atoms with Crippen LogP contribution < -0.4 is 5.32 Å². The lowest BCUT2D eigenvalue weighted by molar-refractivity contribution is -0.127. The first-order valence-electron chi connectivity index (χ1n) is 9.05. The number of ether oxygens (including phenoxy) is 1. The van der Waals surface area contributed by atoms with E-state index < -0.39 is 0 Å². The molecule has 0 saturated carbocycles. The van der Waals surface area contributed by atoms with Gasteiger partial charge in [-0.15, -0.1) is 24.0 Å². The van der Waals surface area contributed by atoms with Crippen LogP contribution in [0.5, 0.6) is 0 Å². The molecule has 6 nitrogen and oxygen atoms in total. The molecule has 26 heavy (non-hydrogen) atoms. The third kappa shape index (κ3) is 5.57. The predicted molar refractivity (Wildman–Crippen MR) is 114 cm³/mol. The number of carbonyl (C=O) groups excluding carboxylic acids is 1. The Morgan fingerprint density at radius 1 is 1.35 bits per heavy atom. The van der Waals surface area contributed by atoms with Gasteiger partial charge in [0.1, 0.15) is 6.54 Å². The lowest BCUT2D eigenvalue weighted by atomic mass is 10.0. The molecule has 7 heteroatoms. The number of halogens is 1. The second-order valence-electron chi connectivity index (χ2n) is 6.88. The van der Waals surface area contributed by atoms with Gasteiger partial charge in [0, 0.05) is 40.3 Å². The summed E-state index contributed by atoms with van der Waals surface area (Å²) in [6.45, 7) is 3.48. The number of likely N-dealkylation sites (N-methyl/N-ethyl adjacent to an activating group) is 1. The fourth-order valence-electron chi connectivity index (χ4n) is 3.24. The molecule has 0 radical (unpaired) electrons. The summed E-state index contributed by atoms with van der Waals surface area (Å²) in [7, 11) is 3.52. The zero-order valence-corrected chi connectivity index (χ0v) is 17.9. The molecular formula is C19H29IN4O2. The highest BCUT2D eigenvalue weighted by Crippen LogP contribution is 2.18. The Morgan fingerprint density at radius 2 is 2.12 bits per heavy atom. The van der Waals surface area contributed by atoms with E-state index in [0.29, 0.717) is 0 Å². The van der Waals surface area contributed by atoms with Crippen molar-refractivity contribution in [3.05, 3.63) is 35.4 Å². The lowest BCUT2D eigenvalue weighted by Gasteiger charge is -2.32. The summed E-state index contributed by atoms with van der Waals surface area (Å²) in [6, 6.07) is 8.53. The molecule has 0 bridgehead atoms. The molecule has 1 amide bonds. The molecule has 2 aliphatic rings. The van der Waals surface area contributed by atoms with Gasteiger partial charge in [0.25, 0.3) is 0 Å². The van der Waals surface area contributed by atoms with Gasteiger partial charge in [0.05, 0.1) is 6.10 Å². The predicted octanol–water partition coefficient (Wildman–Crippen LogP) is 1.88. The summed E-state index contributed by atoms with van der Waals surface area (Å²) in [5, 5.41) is 3.44. The van der Waals surface area contributed by atoms with Gasteiger partial charge < -0.3 is 19.9 Å². The summed E-state index contributed by atoms with van der Waals surface area (Å²) >= 11 is 0. The summed E-state index contributed by atoms with van der Waals surface area (Å²) in [5.41, 5.74) is 2.74. The number of fused-ring (bicyclic) bond motifs is 1. The van der Waals surface area contributed by atoms with Crippen LogP contribution in [0, 0.1) is 0 Å². The Balaban J connectivity index is 0.00000243. The van der Waals surface area contributed by atoms with Gasteiger partial charge in [-0.25, -0.2) is 4.99 Å². The molecule has 1 aromatic carbocycles. The summed E-state index contributed by atoms with van der Waals surface area (Å²) in [4.78, 5) is 20.3. The molecule has 1 fully saturated rings. The Hall–Kier alpha value is -1.35. The molecule has 0 spiro atoms. The third-order valence-corrected chi connectivity index (χ3v) is 4.80. The number of aliphatic imine (C=N–C) groups is 1. The topological polar surface area (TPSA) is 57.2 Å². The number of hydrogen-bond donors (Lipinski definition) is 1. The molecule has 2 aliphatic heterocycles. The van der Waals surface area contributed by atoms with Crippen LogP contribution in [-0.4, -0.2) is 68.1 Å². The number of nitrogens with zero attached hydrogens (tertiary/aromatic N) is 3. The van der Waals surface area contributed by atoms with Gasteiger partial charge in [-0.3, -0.25) is 4.79 Å². The van der Waals surface area contributed by atoms with Crippen LogP contribution >= 0.6 is 24.0 Å². The second kappa shape index (κ2) is 10.1. The maximum absolute atomic E-state index is 11.9. The quantitative estimate of drug-likeness (QED) is 0.413. The van der Waals surface area contributed by atoms with Crippen LogP contribution in [0.1, 0.15) is 24.0 Å². The van der Waals surface area contributed by atoms with E-state index in [-0.39, 0.29) is 42.5 Å². The first-order valence-corrected chi connectivity index (χ1v) is 9.05. The molecular weight excluding hydrogens is 443 g/mol. The minimum absolute atomic E-state index is 0. The maximum Gasteiger partial charge on any atom is 0.243 e. The van der Waals surface area contributed by atoms with Crippen molar-refractivity contribution in [3.63, 3.8) is 0 Å². The molecule has 1 aromatic rings. The van der Waals surface area contributed by atoms with E-state index in [1.54, 1.807) is 19.0 Å². The third-order valence-electron chi connectivity index (χ3n) is 4.80. The summed E-state index contributed by atoms with van der Waals surface area (Å²) in [6.07, 6.45) is 3.44. The van der Waals surface area contributed by atoms with E-state index in [4.69, 9.17) is 4.74 Å². The number of guanidine groups is 1. The lowest BCUT2D eigenvalue weighted by Crippen LogP contribution is -2.46. The molecule has 3 rings (SSSR count). The minimum atomic E-state index is 0. The Morgan fingerprint density at radius 3 is 2.81 bits per heavy atom. The Kier molecular flexibility index (Phi) is 8.15. The number of rotatable bonds is 4. The van der Waals surface area contributed by atoms with Gasteiger partial charge in [-0.05, 0) is 30.4 Å². The van der Waals surface area contributed by atoms with Crippen LogP contribution in [-0.2, 0) is 22.5 Å². The zero-order chi connectivity index (χ0) is 17.6. The largest absolute Gasteiger partial charge is 0.376 e. The van der Waals surface area contributed by atoms with Crippen LogP contribution in [0.25, 0.3) is 0 Å². The maximum atomic E-state index is 11.9. The van der Waals surface area contributed by atoms with Crippen molar-refractivity contribution in [3.8, 4) is 0 Å². The van der Waals surface area contributed by atoms with Crippen molar-refractivity contribution in [1.29, 1.82) is 0 Å². The molecule has 144 valence electrons. The van der Waals surface area contributed by atoms with E-state index in [1.165, 1.54) is 11.1 Å². The van der Waals surface area contributed by atoms with Crippen molar-refractivity contribution in [1.82, 2.24) is 15.1 Å². The van der Waals surface area contributed by atoms with Crippen molar-refractivity contribution in [2.45, 2.75) is 31.9 Å². The van der Waals surface area contributed by atoms with Gasteiger partial charge in [0.2, 0.25) is 5.91 Å². The summed E-state index contributed by atoms with van der Waals surface area (Å²) in [5.74, 6) is 0.814. The fraction of sp³-hybridized carbons (Fsp3) is 0.579. The SMILES string of the molecule is CN(C)C(=O)CN=C(NCC1CCCO1)N1CCc2ccccc2C1.I. The van der Waals surface area contributed by atoms with Crippen LogP contribution in [0.4, 0.5) is 0 Å². The van der Waals surface area contributed by atoms with Crippen LogP contribution in [0.3, 0.4) is 0 Å². The van der Waals surface area contributed by atoms with Crippen molar-refractivity contribution in [2.24, 2.45) is 4.99 Å². The average molecular weight is 472 g/mol. The molecule has 1 unspecified atom stereocenters. The summed E-state index contributed by atoms with van der Waals surface area (Å²) < 4.78 is 5.70. The van der Waals surface area contributed by atoms with E-state index >= 15 is 0 Å². The fourth-order valence-corrected chi connectivity index (χ4v) is 3.24. The Bertz CT molecular complexity index is 630. The van der Waals surface area contributed by atoms with Crippen molar-refractivity contribution in [2.75, 3.05) is 40.3 Å². The van der Waals surface area contributed by atoms with Gasteiger partial charge in [0.15, 0.2) is 5.96 Å². The van der Waals surface area contributed by atoms with Crippen LogP contribution in [0.15, 0.2) is 29.3 Å². The zero-order valence-electron chi connectivity index (χ0n) is 15.6. The minimum Gasteiger partial charge on any atom is -0.376 e. The smallest absolute Gasteiger partial charge is 0.243 e. The highest BCUT2D eigenvalue weighted by atomic mass is 127. The van der Waals surface area contributed by atoms with Crippen LogP contribution in [0.2, 0.25) is 0 Å². The van der Waals surface area contributed by atoms with Gasteiger partial charge >= 0.3 is 0 Å². The normalized spacial score (nSPS) is 19.5. The standard InChI is InChI=1S/C19H28N4O2.HI/c1-22(2)18(24)13-21-19(20-12-17-8-5-11-25-17)23-10-9-15-6-3-4-7-16(15)14-23;/h3-4,6-7,17H,5,8-14H2,1-2H3,(H,20,21);1H. The highest BCUT2D eigenvalue weighted by molar-refractivity contribution is 14.0. The first-order chi connectivity index (χ1) is 12.1. The number of carbonyl (C=O) groups is 1. The monoisotopic (exact) mass is 472 g/mol. The first kappa shape index (κ1) is 21.0. The van der Waals surface area contributed by atoms with Crippen molar-refractivity contribution < 1.29 is 9.53 Å². The molecule has 2 heterocycles. The number of hydrogen-bond acceptors (Lipinski definition) is 3. The second-order valence-corrected chi connectivity index (χ2v) is 6.88. The molecule has 1 atom stereocenters. The molecule has 1 N–H and O–H groups in total. The molecule has 1 saturated heterocycles. The number of benzene rings is 1. The van der Waals surface area contributed by atoms with Gasteiger partial charge in [-0.2, -0.15) is 0 Å². The Labute approximate surface area is 173 Å². The number of amides is 1. The van der Waals surface area contributed by atoms with E-state index in [9.17, 15) is 4.79 Å². The van der Waals surface area contributed by atoms with Gasteiger partial charge in [-0.1, -0.05) is 24.3 Å². The highest BCUT2D eigenvalue weighted by Gasteiger charge is 2.21. The molecule has 0 aromatic heterocycles. The molecule has 0 aliphatic carbocycles. The van der Waals surface area contributed by atoms with Crippen molar-refractivity contribution >= 4 is 35.8 Å². The van der Waals surface area contributed by atoms with E-state index in [1.807, 2.05) is 0 Å².